The minimum absolute atomic E-state index is 0.0279. The molecular weight excluding hydrogens is 366 g/mol. The molecule has 160 valence electrons. The highest BCUT2D eigenvalue weighted by atomic mass is 16.6. The van der Waals surface area contributed by atoms with Gasteiger partial charge >= 0.3 is 6.09 Å². The summed E-state index contributed by atoms with van der Waals surface area (Å²) in [4.78, 5) is 28.9. The molecule has 1 N–H and O–H groups in total. The van der Waals surface area contributed by atoms with Crippen molar-refractivity contribution in [2.45, 2.75) is 65.1 Å². The lowest BCUT2D eigenvalue weighted by atomic mass is 9.97. The Morgan fingerprint density at radius 2 is 1.90 bits per heavy atom. The summed E-state index contributed by atoms with van der Waals surface area (Å²) in [7, 11) is 0. The van der Waals surface area contributed by atoms with Crippen LogP contribution in [0.4, 0.5) is 4.79 Å². The van der Waals surface area contributed by atoms with Gasteiger partial charge in [-0.3, -0.25) is 9.69 Å². The normalized spacial score (nSPS) is 22.9. The van der Waals surface area contributed by atoms with Crippen LogP contribution in [0.1, 0.15) is 57.1 Å². The van der Waals surface area contributed by atoms with Crippen molar-refractivity contribution in [2.24, 2.45) is 5.92 Å². The number of likely N-dealkylation sites (tertiary alicyclic amines) is 2. The fraction of sp³-hybridized carbons (Fsp3) is 0.652. The number of carbonyl (C=O) groups excluding carboxylic acids is 2. The highest BCUT2D eigenvalue weighted by molar-refractivity contribution is 5.80. The van der Waals surface area contributed by atoms with E-state index >= 15 is 0 Å². The van der Waals surface area contributed by atoms with Crippen LogP contribution in [0.15, 0.2) is 24.3 Å². The Morgan fingerprint density at radius 1 is 1.10 bits per heavy atom. The van der Waals surface area contributed by atoms with Gasteiger partial charge in [0.15, 0.2) is 0 Å². The molecule has 0 radical (unpaired) electrons. The number of carbonyl (C=O) groups is 2. The molecule has 6 nitrogen and oxygen atoms in total. The zero-order valence-corrected chi connectivity index (χ0v) is 17.9. The maximum atomic E-state index is 12.8. The van der Waals surface area contributed by atoms with Crippen LogP contribution < -0.4 is 5.32 Å². The third-order valence-electron chi connectivity index (χ3n) is 6.20. The van der Waals surface area contributed by atoms with Crippen molar-refractivity contribution in [3.8, 4) is 0 Å². The highest BCUT2D eigenvalue weighted by Gasteiger charge is 2.29. The summed E-state index contributed by atoms with van der Waals surface area (Å²) in [5.41, 5.74) is 2.47. The van der Waals surface area contributed by atoms with E-state index in [9.17, 15) is 9.59 Å². The lowest BCUT2D eigenvalue weighted by Crippen LogP contribution is -2.45. The zero-order chi connectivity index (χ0) is 20.6. The molecule has 0 bridgehead atoms. The minimum Gasteiger partial charge on any atom is -0.450 e. The maximum Gasteiger partial charge on any atom is 0.409 e. The molecule has 2 saturated heterocycles. The van der Waals surface area contributed by atoms with Crippen molar-refractivity contribution >= 4 is 12.0 Å². The first-order chi connectivity index (χ1) is 14.1. The van der Waals surface area contributed by atoms with Crippen LogP contribution in [0.5, 0.6) is 0 Å². The standard InChI is InChI=1S/C23H35N3O3/c1-3-29-23(28)26-14-8-12-21(17-26)22(27)24-15-19-10-4-5-11-20(19)16-25-13-7-6-9-18(25)2/h4-5,10-11,18,21H,3,6-9,12-17H2,1-2H3,(H,24,27)/t18-,21-/m0/s1. The number of hydrogen-bond donors (Lipinski definition) is 1. The predicted molar refractivity (Wildman–Crippen MR) is 113 cm³/mol. The average Bonchev–Trinajstić information content (AvgIpc) is 2.75. The molecule has 0 aliphatic carbocycles. The number of nitrogens with one attached hydrogen (secondary N) is 1. The van der Waals surface area contributed by atoms with Gasteiger partial charge in [0.05, 0.1) is 12.5 Å². The van der Waals surface area contributed by atoms with Crippen LogP contribution in [0.2, 0.25) is 0 Å². The van der Waals surface area contributed by atoms with Crippen molar-refractivity contribution in [3.63, 3.8) is 0 Å². The Bertz CT molecular complexity index is 694. The van der Waals surface area contributed by atoms with E-state index in [1.807, 2.05) is 6.07 Å². The van der Waals surface area contributed by atoms with Crippen molar-refractivity contribution in [1.29, 1.82) is 0 Å². The molecule has 2 heterocycles. The van der Waals surface area contributed by atoms with E-state index in [4.69, 9.17) is 4.74 Å². The van der Waals surface area contributed by atoms with Gasteiger partial charge in [0, 0.05) is 32.2 Å². The number of rotatable bonds is 6. The monoisotopic (exact) mass is 401 g/mol. The second-order valence-corrected chi connectivity index (χ2v) is 8.29. The summed E-state index contributed by atoms with van der Waals surface area (Å²) >= 11 is 0. The summed E-state index contributed by atoms with van der Waals surface area (Å²) < 4.78 is 5.09. The van der Waals surface area contributed by atoms with Crippen LogP contribution in [0.25, 0.3) is 0 Å². The molecule has 0 spiro atoms. The molecule has 29 heavy (non-hydrogen) atoms. The minimum atomic E-state index is -0.314. The van der Waals surface area contributed by atoms with Crippen LogP contribution >= 0.6 is 0 Å². The summed E-state index contributed by atoms with van der Waals surface area (Å²) in [6.07, 6.45) is 5.18. The maximum absolute atomic E-state index is 12.8. The van der Waals surface area contributed by atoms with Gasteiger partial charge in [-0.25, -0.2) is 4.79 Å². The van der Waals surface area contributed by atoms with Crippen LogP contribution in [0, 0.1) is 5.92 Å². The summed E-state index contributed by atoms with van der Waals surface area (Å²) in [5, 5.41) is 3.11. The van der Waals surface area contributed by atoms with E-state index in [0.29, 0.717) is 32.3 Å². The Morgan fingerprint density at radius 3 is 2.66 bits per heavy atom. The van der Waals surface area contributed by atoms with E-state index < -0.39 is 0 Å². The van der Waals surface area contributed by atoms with E-state index in [-0.39, 0.29) is 17.9 Å². The molecule has 1 aromatic rings. The van der Waals surface area contributed by atoms with E-state index in [0.717, 1.165) is 25.9 Å². The van der Waals surface area contributed by atoms with E-state index in [1.165, 1.54) is 30.4 Å². The second-order valence-electron chi connectivity index (χ2n) is 8.29. The van der Waals surface area contributed by atoms with Gasteiger partial charge in [-0.05, 0) is 57.2 Å². The van der Waals surface area contributed by atoms with Gasteiger partial charge in [0.25, 0.3) is 0 Å². The Labute approximate surface area is 174 Å². The van der Waals surface area contributed by atoms with Crippen LogP contribution in [0.3, 0.4) is 0 Å². The van der Waals surface area contributed by atoms with Crippen LogP contribution in [-0.4, -0.2) is 54.1 Å². The van der Waals surface area contributed by atoms with E-state index in [1.54, 1.807) is 11.8 Å². The predicted octanol–water partition coefficient (Wildman–Crippen LogP) is 3.55. The van der Waals surface area contributed by atoms with Crippen molar-refractivity contribution in [2.75, 3.05) is 26.2 Å². The van der Waals surface area contributed by atoms with Gasteiger partial charge in [-0.1, -0.05) is 30.7 Å². The molecule has 2 amide bonds. The Balaban J connectivity index is 1.55. The van der Waals surface area contributed by atoms with Crippen LogP contribution in [-0.2, 0) is 22.6 Å². The number of hydrogen-bond acceptors (Lipinski definition) is 4. The molecule has 0 saturated carbocycles. The molecule has 1 aromatic carbocycles. The van der Waals surface area contributed by atoms with Crippen molar-refractivity contribution in [3.05, 3.63) is 35.4 Å². The molecule has 0 unspecified atom stereocenters. The quantitative estimate of drug-likeness (QED) is 0.792. The van der Waals surface area contributed by atoms with Gasteiger partial charge in [-0.15, -0.1) is 0 Å². The smallest absolute Gasteiger partial charge is 0.409 e. The van der Waals surface area contributed by atoms with Crippen molar-refractivity contribution < 1.29 is 14.3 Å². The molecule has 2 aliphatic rings. The number of nitrogens with zero attached hydrogens (tertiary/aromatic N) is 2. The summed E-state index contributed by atoms with van der Waals surface area (Å²) in [6.45, 7) is 8.19. The number of piperidine rings is 2. The molecule has 2 fully saturated rings. The average molecular weight is 402 g/mol. The number of amides is 2. The SMILES string of the molecule is CCOC(=O)N1CCC[C@H](C(=O)NCc2ccccc2CN2CCCC[C@@H]2C)C1. The van der Waals surface area contributed by atoms with Gasteiger partial charge in [0.2, 0.25) is 5.91 Å². The second kappa shape index (κ2) is 10.6. The molecule has 3 rings (SSSR count). The number of benzene rings is 1. The zero-order valence-electron chi connectivity index (χ0n) is 17.9. The first-order valence-electron chi connectivity index (χ1n) is 11.1. The topological polar surface area (TPSA) is 61.9 Å². The Hall–Kier alpha value is -2.08. The molecule has 6 heteroatoms. The molecule has 0 aromatic heterocycles. The Kier molecular flexibility index (Phi) is 7.92. The number of ether oxygens (including phenoxy) is 1. The van der Waals surface area contributed by atoms with Crippen molar-refractivity contribution in [1.82, 2.24) is 15.1 Å². The summed E-state index contributed by atoms with van der Waals surface area (Å²) in [5.74, 6) is -0.137. The fourth-order valence-electron chi connectivity index (χ4n) is 4.39. The first kappa shape index (κ1) is 21.6. The first-order valence-corrected chi connectivity index (χ1v) is 11.1. The lowest BCUT2D eigenvalue weighted by Gasteiger charge is -2.34. The lowest BCUT2D eigenvalue weighted by molar-refractivity contribution is -0.126. The third kappa shape index (κ3) is 5.95. The molecule has 2 atom stereocenters. The van der Waals surface area contributed by atoms with Gasteiger partial charge in [0.1, 0.15) is 0 Å². The fourth-order valence-corrected chi connectivity index (χ4v) is 4.39. The molecule has 2 aliphatic heterocycles. The third-order valence-corrected chi connectivity index (χ3v) is 6.20. The summed E-state index contributed by atoms with van der Waals surface area (Å²) in [6, 6.07) is 9.01. The highest BCUT2D eigenvalue weighted by Crippen LogP contribution is 2.21. The van der Waals surface area contributed by atoms with E-state index in [2.05, 4.69) is 35.3 Å². The molecular formula is C23H35N3O3. The van der Waals surface area contributed by atoms with Gasteiger partial charge < -0.3 is 15.0 Å². The van der Waals surface area contributed by atoms with Gasteiger partial charge in [-0.2, -0.15) is 0 Å². The largest absolute Gasteiger partial charge is 0.450 e.